The Bertz CT molecular complexity index is 1570. The lowest BCUT2D eigenvalue weighted by atomic mass is 9.99. The third-order valence-corrected chi connectivity index (χ3v) is 5.90. The quantitative estimate of drug-likeness (QED) is 0.242. The normalized spacial score (nSPS) is 11.3. The highest BCUT2D eigenvalue weighted by Crippen LogP contribution is 2.30. The smallest absolute Gasteiger partial charge is 0.324 e. The van der Waals surface area contributed by atoms with Gasteiger partial charge in [0.15, 0.2) is 17.4 Å². The summed E-state index contributed by atoms with van der Waals surface area (Å²) >= 11 is 0. The Kier molecular flexibility index (Phi) is 7.09. The fourth-order valence-corrected chi connectivity index (χ4v) is 3.88. The van der Waals surface area contributed by atoms with Crippen LogP contribution in [0.15, 0.2) is 91.5 Å². The van der Waals surface area contributed by atoms with Crippen LogP contribution in [0.2, 0.25) is 0 Å². The minimum atomic E-state index is -4.48. The molecule has 0 fully saturated rings. The Hall–Kier alpha value is -4.99. The molecule has 0 atom stereocenters. The summed E-state index contributed by atoms with van der Waals surface area (Å²) < 4.78 is 39.3. The van der Waals surface area contributed by atoms with E-state index in [0.717, 1.165) is 17.7 Å². The number of halogens is 3. The number of nitrogens with one attached hydrogen (secondary N) is 1. The molecule has 0 unspecified atom stereocenters. The number of Topliss-reactive ketones (excluding diaryl/α,β-unsaturated/α-hetero) is 1. The summed E-state index contributed by atoms with van der Waals surface area (Å²) in [7, 11) is 0. The summed E-state index contributed by atoms with van der Waals surface area (Å²) in [5.41, 5.74) is 2.61. The number of benzene rings is 2. The minimum absolute atomic E-state index is 0.172. The molecule has 5 aromatic rings. The molecule has 0 spiro atoms. The predicted octanol–water partition coefficient (Wildman–Crippen LogP) is 6.49. The zero-order chi connectivity index (χ0) is 27.4. The van der Waals surface area contributed by atoms with Crippen molar-refractivity contribution in [2.24, 2.45) is 0 Å². The molecule has 7 nitrogen and oxygen atoms in total. The molecule has 0 aliphatic heterocycles. The van der Waals surface area contributed by atoms with Crippen LogP contribution in [0.25, 0.3) is 22.8 Å². The molecule has 0 aliphatic carbocycles. The van der Waals surface area contributed by atoms with Gasteiger partial charge in [0, 0.05) is 53.6 Å². The van der Waals surface area contributed by atoms with Gasteiger partial charge in [0.2, 0.25) is 5.95 Å². The number of aromatic nitrogens is 5. The van der Waals surface area contributed by atoms with E-state index >= 15 is 0 Å². The third-order valence-electron chi connectivity index (χ3n) is 5.90. The van der Waals surface area contributed by atoms with Crippen LogP contribution in [-0.2, 0) is 12.6 Å². The number of ketones is 1. The molecule has 0 bridgehead atoms. The van der Waals surface area contributed by atoms with Crippen molar-refractivity contribution >= 4 is 17.4 Å². The summed E-state index contributed by atoms with van der Waals surface area (Å²) in [5, 5.41) is 3.18. The maximum absolute atomic E-state index is 13.1. The fraction of sp³-hybridized carbons (Fsp3) is 0.103. The Morgan fingerprint density at radius 3 is 2.08 bits per heavy atom. The monoisotopic (exact) mass is 526 g/mol. The third kappa shape index (κ3) is 6.12. The topological polar surface area (TPSA) is 93.6 Å². The molecule has 194 valence electrons. The second kappa shape index (κ2) is 10.8. The Morgan fingerprint density at radius 1 is 0.821 bits per heavy atom. The van der Waals surface area contributed by atoms with Crippen LogP contribution in [0.4, 0.5) is 24.8 Å². The van der Waals surface area contributed by atoms with Gasteiger partial charge in [0.25, 0.3) is 0 Å². The average molecular weight is 527 g/mol. The predicted molar refractivity (Wildman–Crippen MR) is 140 cm³/mol. The van der Waals surface area contributed by atoms with Gasteiger partial charge in [-0.2, -0.15) is 23.1 Å². The van der Waals surface area contributed by atoms with E-state index in [2.05, 4.69) is 30.2 Å². The molecule has 1 N–H and O–H groups in total. The molecule has 0 saturated carbocycles. The van der Waals surface area contributed by atoms with E-state index in [9.17, 15) is 18.0 Å². The maximum atomic E-state index is 13.1. The lowest BCUT2D eigenvalue weighted by Crippen LogP contribution is -2.09. The molecule has 0 aliphatic rings. The number of rotatable bonds is 7. The first-order chi connectivity index (χ1) is 18.8. The Labute approximate surface area is 221 Å². The Balaban J connectivity index is 1.46. The van der Waals surface area contributed by atoms with E-state index in [4.69, 9.17) is 0 Å². The lowest BCUT2D eigenvalue weighted by Gasteiger charge is -2.13. The van der Waals surface area contributed by atoms with Crippen molar-refractivity contribution in [2.75, 3.05) is 5.32 Å². The van der Waals surface area contributed by atoms with Crippen molar-refractivity contribution in [3.8, 4) is 22.8 Å². The van der Waals surface area contributed by atoms with Crippen LogP contribution in [0, 0.1) is 6.92 Å². The average Bonchev–Trinajstić information content (AvgIpc) is 2.94. The van der Waals surface area contributed by atoms with Crippen molar-refractivity contribution in [2.45, 2.75) is 19.5 Å². The van der Waals surface area contributed by atoms with Crippen LogP contribution in [0.3, 0.4) is 0 Å². The highest BCUT2D eigenvalue weighted by Gasteiger charge is 2.30. The van der Waals surface area contributed by atoms with Gasteiger partial charge in [-0.3, -0.25) is 14.8 Å². The summed E-state index contributed by atoms with van der Waals surface area (Å²) in [6, 6.07) is 17.0. The second-order valence-electron chi connectivity index (χ2n) is 8.74. The Morgan fingerprint density at radius 2 is 1.49 bits per heavy atom. The van der Waals surface area contributed by atoms with E-state index in [1.807, 2.05) is 19.1 Å². The molecule has 5 rings (SSSR count). The molecular weight excluding hydrogens is 505 g/mol. The SMILES string of the molecule is Cc1ccc(C(=O)Cc2cccc(C(F)(F)F)c2)cc1Nc1nc(-c2cccnc2)nc(-c2cccnc2)n1. The number of hydrogen-bond donors (Lipinski definition) is 1. The number of alkyl halides is 3. The molecule has 39 heavy (non-hydrogen) atoms. The van der Waals surface area contributed by atoms with Gasteiger partial charge in [-0.15, -0.1) is 0 Å². The van der Waals surface area contributed by atoms with Crippen LogP contribution in [0.1, 0.15) is 27.0 Å². The molecule has 10 heteroatoms. The van der Waals surface area contributed by atoms with Crippen LogP contribution in [-0.4, -0.2) is 30.7 Å². The molecule has 2 aromatic carbocycles. The number of aryl methyl sites for hydroxylation is 1. The van der Waals surface area contributed by atoms with E-state index in [1.54, 1.807) is 55.1 Å². The maximum Gasteiger partial charge on any atom is 0.416 e. The second-order valence-corrected chi connectivity index (χ2v) is 8.74. The van der Waals surface area contributed by atoms with E-state index in [-0.39, 0.29) is 23.7 Å². The van der Waals surface area contributed by atoms with E-state index in [1.165, 1.54) is 12.1 Å². The van der Waals surface area contributed by atoms with Gasteiger partial charge in [-0.05, 0) is 54.4 Å². The minimum Gasteiger partial charge on any atom is -0.324 e. The number of nitrogens with zero attached hydrogens (tertiary/aromatic N) is 5. The number of anilines is 2. The number of pyridine rings is 2. The summed E-state index contributed by atoms with van der Waals surface area (Å²) in [6.45, 7) is 1.86. The van der Waals surface area contributed by atoms with Gasteiger partial charge in [-0.1, -0.05) is 30.3 Å². The summed E-state index contributed by atoms with van der Waals surface area (Å²) in [6.07, 6.45) is 1.94. The molecular formula is C29H21F3N6O. The van der Waals surface area contributed by atoms with Crippen molar-refractivity contribution in [3.63, 3.8) is 0 Å². The van der Waals surface area contributed by atoms with E-state index in [0.29, 0.717) is 34.0 Å². The molecule has 0 amide bonds. The first kappa shape index (κ1) is 25.7. The largest absolute Gasteiger partial charge is 0.416 e. The highest BCUT2D eigenvalue weighted by molar-refractivity contribution is 5.98. The first-order valence-corrected chi connectivity index (χ1v) is 11.9. The number of hydrogen-bond acceptors (Lipinski definition) is 7. The molecule has 0 saturated heterocycles. The van der Waals surface area contributed by atoms with Crippen molar-refractivity contribution in [1.29, 1.82) is 0 Å². The zero-order valence-corrected chi connectivity index (χ0v) is 20.6. The van der Waals surface area contributed by atoms with Crippen molar-refractivity contribution < 1.29 is 18.0 Å². The number of carbonyl (C=O) groups excluding carboxylic acids is 1. The van der Waals surface area contributed by atoms with Gasteiger partial charge in [-0.25, -0.2) is 4.98 Å². The molecule has 3 heterocycles. The van der Waals surface area contributed by atoms with Crippen LogP contribution < -0.4 is 5.32 Å². The summed E-state index contributed by atoms with van der Waals surface area (Å²) in [4.78, 5) is 35.0. The van der Waals surface area contributed by atoms with Gasteiger partial charge >= 0.3 is 6.18 Å². The highest BCUT2D eigenvalue weighted by atomic mass is 19.4. The molecule has 0 radical (unpaired) electrons. The van der Waals surface area contributed by atoms with Crippen molar-refractivity contribution in [1.82, 2.24) is 24.9 Å². The zero-order valence-electron chi connectivity index (χ0n) is 20.6. The van der Waals surface area contributed by atoms with E-state index < -0.39 is 11.7 Å². The standard InChI is InChI=1S/C29H21F3N6O/c1-18-9-10-20(25(39)14-19-5-2-8-23(13-19)29(30,31)32)15-24(18)35-28-37-26(21-6-3-11-33-16-21)36-27(38-28)22-7-4-12-34-17-22/h2-13,15-17H,14H2,1H3,(H,35,36,37,38). The fourth-order valence-electron chi connectivity index (χ4n) is 3.88. The van der Waals surface area contributed by atoms with Gasteiger partial charge < -0.3 is 5.32 Å². The summed E-state index contributed by atoms with van der Waals surface area (Å²) in [5.74, 6) is 0.719. The van der Waals surface area contributed by atoms with Crippen LogP contribution >= 0.6 is 0 Å². The van der Waals surface area contributed by atoms with Crippen LogP contribution in [0.5, 0.6) is 0 Å². The number of carbonyl (C=O) groups is 1. The van der Waals surface area contributed by atoms with Crippen molar-refractivity contribution in [3.05, 3.63) is 114 Å². The van der Waals surface area contributed by atoms with Gasteiger partial charge in [0.05, 0.1) is 5.56 Å². The molecule has 3 aromatic heterocycles. The first-order valence-electron chi connectivity index (χ1n) is 11.9. The van der Waals surface area contributed by atoms with Gasteiger partial charge in [0.1, 0.15) is 0 Å². The lowest BCUT2D eigenvalue weighted by molar-refractivity contribution is -0.137.